The van der Waals surface area contributed by atoms with E-state index >= 15 is 0 Å². The lowest BCUT2D eigenvalue weighted by atomic mass is 10.1. The van der Waals surface area contributed by atoms with Crippen LogP contribution < -0.4 is 8.92 Å². The second-order valence-electron chi connectivity index (χ2n) is 6.41. The van der Waals surface area contributed by atoms with Gasteiger partial charge in [0, 0.05) is 6.21 Å². The van der Waals surface area contributed by atoms with E-state index in [2.05, 4.69) is 4.99 Å². The first-order valence-corrected chi connectivity index (χ1v) is 10.6. The van der Waals surface area contributed by atoms with Gasteiger partial charge in [-0.05, 0) is 66.9 Å². The lowest BCUT2D eigenvalue weighted by Gasteiger charge is -2.13. The van der Waals surface area contributed by atoms with Gasteiger partial charge in [0.2, 0.25) is 5.75 Å². The standard InChI is InChI=1S/C22H20ClNO4S/c1-15-9-10-18(11-16(15)2)24-14-17-12-20(23)22(21(13-17)27-3)28-29(25,26)19-7-5-4-6-8-19/h4-14H,1-3H3. The molecule has 7 heteroatoms. The molecular formula is C22H20ClNO4S. The van der Waals surface area contributed by atoms with Crippen LogP contribution in [0.5, 0.6) is 11.5 Å². The van der Waals surface area contributed by atoms with Crippen molar-refractivity contribution in [2.75, 3.05) is 7.11 Å². The highest BCUT2D eigenvalue weighted by molar-refractivity contribution is 7.87. The fraction of sp³-hybridized carbons (Fsp3) is 0.136. The Labute approximate surface area is 175 Å². The number of halogens is 1. The third kappa shape index (κ3) is 4.96. The van der Waals surface area contributed by atoms with Gasteiger partial charge in [-0.3, -0.25) is 4.99 Å². The van der Waals surface area contributed by atoms with Crippen molar-refractivity contribution in [2.45, 2.75) is 18.7 Å². The Balaban J connectivity index is 1.91. The molecule has 0 aromatic heterocycles. The molecule has 3 aromatic carbocycles. The maximum absolute atomic E-state index is 12.5. The maximum atomic E-state index is 12.5. The number of aryl methyl sites for hydroxylation is 2. The Morgan fingerprint density at radius 2 is 1.69 bits per heavy atom. The molecule has 0 N–H and O–H groups in total. The van der Waals surface area contributed by atoms with Gasteiger partial charge in [0.15, 0.2) is 5.75 Å². The van der Waals surface area contributed by atoms with E-state index in [4.69, 9.17) is 20.5 Å². The van der Waals surface area contributed by atoms with Crippen molar-refractivity contribution in [3.8, 4) is 11.5 Å². The molecule has 0 spiro atoms. The molecule has 0 fully saturated rings. The van der Waals surface area contributed by atoms with E-state index in [9.17, 15) is 8.42 Å². The van der Waals surface area contributed by atoms with Crippen molar-refractivity contribution in [1.82, 2.24) is 0 Å². The van der Waals surface area contributed by atoms with Crippen LogP contribution in [0.15, 0.2) is 70.6 Å². The van der Waals surface area contributed by atoms with Crippen molar-refractivity contribution >= 4 is 33.6 Å². The second kappa shape index (κ2) is 8.68. The summed E-state index contributed by atoms with van der Waals surface area (Å²) in [5.74, 6) is 0.125. The molecule has 0 bridgehead atoms. The summed E-state index contributed by atoms with van der Waals surface area (Å²) in [4.78, 5) is 4.47. The Kier molecular flexibility index (Phi) is 6.25. The molecule has 5 nitrogen and oxygen atoms in total. The second-order valence-corrected chi connectivity index (χ2v) is 8.36. The first-order valence-electron chi connectivity index (χ1n) is 8.78. The Bertz CT molecular complexity index is 1160. The van der Waals surface area contributed by atoms with Crippen LogP contribution in [0.4, 0.5) is 5.69 Å². The van der Waals surface area contributed by atoms with Crippen LogP contribution >= 0.6 is 11.6 Å². The van der Waals surface area contributed by atoms with Crippen molar-refractivity contribution in [3.63, 3.8) is 0 Å². The molecule has 0 saturated heterocycles. The van der Waals surface area contributed by atoms with Crippen LogP contribution in [0.3, 0.4) is 0 Å². The van der Waals surface area contributed by atoms with E-state index in [0.717, 1.165) is 11.3 Å². The van der Waals surface area contributed by atoms with Gasteiger partial charge >= 0.3 is 10.1 Å². The molecule has 0 heterocycles. The first-order chi connectivity index (χ1) is 13.8. The maximum Gasteiger partial charge on any atom is 0.339 e. The molecule has 0 aliphatic rings. The lowest BCUT2D eigenvalue weighted by Crippen LogP contribution is -2.10. The average molecular weight is 430 g/mol. The van der Waals surface area contributed by atoms with Crippen molar-refractivity contribution in [2.24, 2.45) is 4.99 Å². The van der Waals surface area contributed by atoms with E-state index in [1.165, 1.54) is 24.8 Å². The van der Waals surface area contributed by atoms with Gasteiger partial charge in [-0.1, -0.05) is 35.9 Å². The van der Waals surface area contributed by atoms with E-state index in [-0.39, 0.29) is 21.4 Å². The summed E-state index contributed by atoms with van der Waals surface area (Å²) in [5, 5.41) is 0.102. The number of benzene rings is 3. The average Bonchev–Trinajstić information content (AvgIpc) is 2.71. The highest BCUT2D eigenvalue weighted by Crippen LogP contribution is 2.38. The summed E-state index contributed by atoms with van der Waals surface area (Å²) < 4.78 is 35.6. The number of rotatable bonds is 6. The zero-order valence-electron chi connectivity index (χ0n) is 16.2. The van der Waals surface area contributed by atoms with Gasteiger partial charge in [0.25, 0.3) is 0 Å². The first kappa shape index (κ1) is 20.9. The zero-order valence-corrected chi connectivity index (χ0v) is 17.8. The van der Waals surface area contributed by atoms with Crippen LogP contribution in [-0.4, -0.2) is 21.7 Å². The third-order valence-electron chi connectivity index (χ3n) is 4.33. The molecular weight excluding hydrogens is 410 g/mol. The number of aliphatic imine (C=N–C) groups is 1. The van der Waals surface area contributed by atoms with Gasteiger partial charge in [0.05, 0.1) is 17.8 Å². The number of nitrogens with zero attached hydrogens (tertiary/aromatic N) is 1. The van der Waals surface area contributed by atoms with Crippen molar-refractivity contribution in [1.29, 1.82) is 0 Å². The summed E-state index contributed by atoms with van der Waals surface area (Å²) in [7, 11) is -2.63. The van der Waals surface area contributed by atoms with E-state index in [1.54, 1.807) is 36.5 Å². The topological polar surface area (TPSA) is 65.0 Å². The smallest absolute Gasteiger partial charge is 0.339 e. The minimum Gasteiger partial charge on any atom is -0.493 e. The molecule has 0 radical (unpaired) electrons. The van der Waals surface area contributed by atoms with E-state index < -0.39 is 10.1 Å². The van der Waals surface area contributed by atoms with Gasteiger partial charge in [-0.25, -0.2) is 0 Å². The van der Waals surface area contributed by atoms with Gasteiger partial charge < -0.3 is 8.92 Å². The SMILES string of the molecule is COc1cc(C=Nc2ccc(C)c(C)c2)cc(Cl)c1OS(=O)(=O)c1ccccc1. The molecule has 3 rings (SSSR count). The van der Waals surface area contributed by atoms with Crippen LogP contribution in [0.25, 0.3) is 0 Å². The quantitative estimate of drug-likeness (QED) is 0.384. The normalized spacial score (nSPS) is 11.6. The van der Waals surface area contributed by atoms with Gasteiger partial charge in [0.1, 0.15) is 4.90 Å². The number of hydrogen-bond acceptors (Lipinski definition) is 5. The molecule has 0 atom stereocenters. The number of hydrogen-bond donors (Lipinski definition) is 0. The minimum absolute atomic E-state index is 0.0264. The summed E-state index contributed by atoms with van der Waals surface area (Å²) >= 11 is 6.30. The fourth-order valence-corrected chi connectivity index (χ4v) is 3.88. The van der Waals surface area contributed by atoms with E-state index in [1.807, 2.05) is 32.0 Å². The van der Waals surface area contributed by atoms with Crippen LogP contribution in [0.2, 0.25) is 5.02 Å². The Morgan fingerprint density at radius 1 is 0.966 bits per heavy atom. The number of methoxy groups -OCH3 is 1. The molecule has 0 amide bonds. The van der Waals surface area contributed by atoms with Crippen LogP contribution in [0.1, 0.15) is 16.7 Å². The number of ether oxygens (including phenoxy) is 1. The molecule has 150 valence electrons. The highest BCUT2D eigenvalue weighted by atomic mass is 35.5. The third-order valence-corrected chi connectivity index (χ3v) is 5.85. The predicted molar refractivity (Wildman–Crippen MR) is 115 cm³/mol. The summed E-state index contributed by atoms with van der Waals surface area (Å²) in [6.07, 6.45) is 1.63. The Morgan fingerprint density at radius 3 is 2.34 bits per heavy atom. The van der Waals surface area contributed by atoms with Gasteiger partial charge in [-0.2, -0.15) is 8.42 Å². The largest absolute Gasteiger partial charge is 0.493 e. The van der Waals surface area contributed by atoms with Crippen molar-refractivity contribution < 1.29 is 17.3 Å². The lowest BCUT2D eigenvalue weighted by molar-refractivity contribution is 0.390. The van der Waals surface area contributed by atoms with Crippen LogP contribution in [0, 0.1) is 13.8 Å². The molecule has 0 aliphatic carbocycles. The molecule has 0 aliphatic heterocycles. The van der Waals surface area contributed by atoms with E-state index in [0.29, 0.717) is 5.56 Å². The Hall–Kier alpha value is -2.83. The van der Waals surface area contributed by atoms with Gasteiger partial charge in [-0.15, -0.1) is 0 Å². The van der Waals surface area contributed by atoms with Crippen molar-refractivity contribution in [3.05, 3.63) is 82.4 Å². The minimum atomic E-state index is -4.04. The monoisotopic (exact) mass is 429 g/mol. The summed E-state index contributed by atoms with van der Waals surface area (Å²) in [5.41, 5.74) is 3.78. The molecule has 3 aromatic rings. The molecule has 0 unspecified atom stereocenters. The highest BCUT2D eigenvalue weighted by Gasteiger charge is 2.21. The molecule has 0 saturated carbocycles. The molecule has 29 heavy (non-hydrogen) atoms. The summed E-state index contributed by atoms with van der Waals surface area (Å²) in [6, 6.07) is 16.9. The predicted octanol–water partition coefficient (Wildman–Crippen LogP) is 5.48. The van der Waals surface area contributed by atoms with Crippen LogP contribution in [-0.2, 0) is 10.1 Å². The fourth-order valence-electron chi connectivity index (χ4n) is 2.60. The zero-order chi connectivity index (χ0) is 21.0. The summed E-state index contributed by atoms with van der Waals surface area (Å²) in [6.45, 7) is 4.06.